The summed E-state index contributed by atoms with van der Waals surface area (Å²) in [6, 6.07) is 6.33. The number of aromatic nitrogens is 4. The van der Waals surface area contributed by atoms with Crippen molar-refractivity contribution in [2.24, 2.45) is 0 Å². The number of nitrogens with zero attached hydrogens (tertiary/aromatic N) is 4. The van der Waals surface area contributed by atoms with E-state index in [1.807, 2.05) is 24.5 Å². The number of anilines is 1. The third-order valence-electron chi connectivity index (χ3n) is 3.64. The van der Waals surface area contributed by atoms with E-state index in [0.717, 1.165) is 25.4 Å². The van der Waals surface area contributed by atoms with Gasteiger partial charge in [-0.05, 0) is 37.3 Å². The number of hydrogen-bond donors (Lipinski definition) is 1. The molecule has 1 aromatic carbocycles. The minimum atomic E-state index is -0.0423. The molecule has 0 atom stereocenters. The van der Waals surface area contributed by atoms with Crippen molar-refractivity contribution in [1.82, 2.24) is 19.7 Å². The average Bonchev–Trinajstić information content (AvgIpc) is 3.17. The second-order valence-corrected chi connectivity index (χ2v) is 8.48. The lowest BCUT2D eigenvalue weighted by Gasteiger charge is -2.06. The maximum absolute atomic E-state index is 12.2. The molecule has 9 heteroatoms. The minimum Gasteiger partial charge on any atom is -0.325 e. The Morgan fingerprint density at radius 2 is 2.33 bits per heavy atom. The molecular weight excluding hydrogens is 362 g/mol. The monoisotopic (exact) mass is 377 g/mol. The molecule has 0 bridgehead atoms. The van der Waals surface area contributed by atoms with Crippen LogP contribution in [-0.4, -0.2) is 37.7 Å². The normalized spacial score (nSPS) is 14.2. The molecule has 24 heavy (non-hydrogen) atoms. The van der Waals surface area contributed by atoms with Gasteiger partial charge >= 0.3 is 0 Å². The summed E-state index contributed by atoms with van der Waals surface area (Å²) < 4.78 is 4.17. The molecule has 2 heterocycles. The Hall–Kier alpha value is -1.58. The molecule has 0 aliphatic heterocycles. The molecule has 124 valence electrons. The van der Waals surface area contributed by atoms with Gasteiger partial charge < -0.3 is 9.88 Å². The fourth-order valence-electron chi connectivity index (χ4n) is 2.33. The summed E-state index contributed by atoms with van der Waals surface area (Å²) in [6.45, 7) is 0. The van der Waals surface area contributed by atoms with E-state index in [-0.39, 0.29) is 5.91 Å². The van der Waals surface area contributed by atoms with Gasteiger partial charge in [0.15, 0.2) is 9.50 Å². The lowest BCUT2D eigenvalue weighted by atomic mass is 10.3. The van der Waals surface area contributed by atoms with Gasteiger partial charge in [-0.25, -0.2) is 4.98 Å². The van der Waals surface area contributed by atoms with Crippen LogP contribution in [-0.2, 0) is 4.79 Å². The van der Waals surface area contributed by atoms with Crippen molar-refractivity contribution >= 4 is 56.7 Å². The molecule has 0 unspecified atom stereocenters. The van der Waals surface area contributed by atoms with Crippen LogP contribution in [0.3, 0.4) is 0 Å². The highest BCUT2D eigenvalue weighted by Crippen LogP contribution is 2.37. The second kappa shape index (κ2) is 6.73. The summed E-state index contributed by atoms with van der Waals surface area (Å²) in [5.74, 6) is 0.279. The van der Waals surface area contributed by atoms with Crippen LogP contribution in [0.4, 0.5) is 5.69 Å². The third-order valence-corrected chi connectivity index (χ3v) is 6.60. The SMILES string of the molecule is CSc1nc2ccc(NC(=O)CSc3nncn3C3CC3)cc2s1. The zero-order valence-corrected chi connectivity index (χ0v) is 15.4. The van der Waals surface area contributed by atoms with E-state index in [0.29, 0.717) is 11.8 Å². The Balaban J connectivity index is 1.39. The highest BCUT2D eigenvalue weighted by atomic mass is 32.2. The molecule has 2 aromatic heterocycles. The van der Waals surface area contributed by atoms with Crippen molar-refractivity contribution in [2.45, 2.75) is 28.4 Å². The molecule has 0 radical (unpaired) electrons. The molecule has 3 aromatic rings. The van der Waals surface area contributed by atoms with Gasteiger partial charge in [-0.3, -0.25) is 4.79 Å². The Labute approximate surface area is 151 Å². The number of thiazole rings is 1. The number of rotatable bonds is 6. The van der Waals surface area contributed by atoms with Crippen molar-refractivity contribution in [2.75, 3.05) is 17.3 Å². The van der Waals surface area contributed by atoms with Crippen LogP contribution in [0.15, 0.2) is 34.0 Å². The number of thioether (sulfide) groups is 2. The largest absolute Gasteiger partial charge is 0.325 e. The van der Waals surface area contributed by atoms with Crippen molar-refractivity contribution in [1.29, 1.82) is 0 Å². The fraction of sp³-hybridized carbons (Fsp3) is 0.333. The van der Waals surface area contributed by atoms with Gasteiger partial charge in [-0.2, -0.15) is 0 Å². The van der Waals surface area contributed by atoms with E-state index in [4.69, 9.17) is 0 Å². The first-order chi connectivity index (χ1) is 11.7. The Morgan fingerprint density at radius 3 is 3.12 bits per heavy atom. The van der Waals surface area contributed by atoms with E-state index in [9.17, 15) is 4.79 Å². The van der Waals surface area contributed by atoms with Crippen LogP contribution < -0.4 is 5.32 Å². The number of nitrogens with one attached hydrogen (secondary N) is 1. The number of fused-ring (bicyclic) bond motifs is 1. The van der Waals surface area contributed by atoms with Gasteiger partial charge in [-0.1, -0.05) is 23.5 Å². The summed E-state index contributed by atoms with van der Waals surface area (Å²) in [5, 5.41) is 11.8. The summed E-state index contributed by atoms with van der Waals surface area (Å²) in [4.78, 5) is 16.7. The second-order valence-electron chi connectivity index (χ2n) is 5.46. The minimum absolute atomic E-state index is 0.0423. The molecule has 1 aliphatic carbocycles. The maximum atomic E-state index is 12.2. The Bertz CT molecular complexity index is 886. The van der Waals surface area contributed by atoms with Gasteiger partial charge in [0.05, 0.1) is 16.0 Å². The van der Waals surface area contributed by atoms with Crippen molar-refractivity contribution < 1.29 is 4.79 Å². The number of benzene rings is 1. The van der Waals surface area contributed by atoms with Crippen LogP contribution in [0.25, 0.3) is 10.2 Å². The van der Waals surface area contributed by atoms with E-state index in [2.05, 4.69) is 25.1 Å². The van der Waals surface area contributed by atoms with Gasteiger partial charge in [0.1, 0.15) is 6.33 Å². The number of carbonyl (C=O) groups is 1. The van der Waals surface area contributed by atoms with Crippen molar-refractivity contribution in [3.8, 4) is 0 Å². The average molecular weight is 378 g/mol. The Kier molecular flexibility index (Phi) is 4.47. The topological polar surface area (TPSA) is 72.7 Å². The molecule has 4 rings (SSSR count). The molecule has 0 saturated heterocycles. The fourth-order valence-corrected chi connectivity index (χ4v) is 4.65. The van der Waals surface area contributed by atoms with E-state index in [1.165, 1.54) is 24.6 Å². The lowest BCUT2D eigenvalue weighted by molar-refractivity contribution is -0.113. The number of hydrogen-bond acceptors (Lipinski definition) is 7. The third kappa shape index (κ3) is 3.42. The summed E-state index contributed by atoms with van der Waals surface area (Å²) in [7, 11) is 0. The predicted octanol–water partition coefficient (Wildman–Crippen LogP) is 3.68. The first-order valence-corrected chi connectivity index (χ1v) is 10.5. The first kappa shape index (κ1) is 15.9. The summed E-state index contributed by atoms with van der Waals surface area (Å²) in [5.41, 5.74) is 1.77. The van der Waals surface area contributed by atoms with Crippen LogP contribution in [0, 0.1) is 0 Å². The van der Waals surface area contributed by atoms with Crippen LogP contribution in [0.1, 0.15) is 18.9 Å². The van der Waals surface area contributed by atoms with E-state index in [1.54, 1.807) is 29.4 Å². The van der Waals surface area contributed by atoms with Gasteiger partial charge in [0.25, 0.3) is 0 Å². The molecule has 1 saturated carbocycles. The Morgan fingerprint density at radius 1 is 1.46 bits per heavy atom. The van der Waals surface area contributed by atoms with Gasteiger partial charge in [0.2, 0.25) is 5.91 Å². The zero-order chi connectivity index (χ0) is 16.5. The summed E-state index contributed by atoms with van der Waals surface area (Å²) in [6.07, 6.45) is 6.10. The van der Waals surface area contributed by atoms with Crippen molar-refractivity contribution in [3.05, 3.63) is 24.5 Å². The first-order valence-electron chi connectivity index (χ1n) is 7.49. The molecule has 1 amide bonds. The summed E-state index contributed by atoms with van der Waals surface area (Å²) >= 11 is 4.69. The molecule has 1 aliphatic rings. The molecule has 0 spiro atoms. The smallest absolute Gasteiger partial charge is 0.234 e. The number of carbonyl (C=O) groups excluding carboxylic acids is 1. The highest BCUT2D eigenvalue weighted by Gasteiger charge is 2.26. The molecule has 6 nitrogen and oxygen atoms in total. The molecule has 1 N–H and O–H groups in total. The van der Waals surface area contributed by atoms with Crippen molar-refractivity contribution in [3.63, 3.8) is 0 Å². The maximum Gasteiger partial charge on any atom is 0.234 e. The molecular formula is C15H15N5OS3. The lowest BCUT2D eigenvalue weighted by Crippen LogP contribution is -2.14. The quantitative estimate of drug-likeness (QED) is 0.661. The van der Waals surface area contributed by atoms with E-state index >= 15 is 0 Å². The van der Waals surface area contributed by atoms with Gasteiger partial charge in [0, 0.05) is 11.7 Å². The molecule has 1 fully saturated rings. The number of amides is 1. The van der Waals surface area contributed by atoms with E-state index < -0.39 is 0 Å². The predicted molar refractivity (Wildman–Crippen MR) is 99.0 cm³/mol. The van der Waals surface area contributed by atoms with Crippen LogP contribution in [0.2, 0.25) is 0 Å². The zero-order valence-electron chi connectivity index (χ0n) is 12.9. The standard InChI is InChI=1S/C15H15N5OS3/c1-22-15-18-11-5-2-9(6-12(11)24-15)17-13(21)7-23-14-19-16-8-20(14)10-3-4-10/h2,5-6,8,10H,3-4,7H2,1H3,(H,17,21). The van der Waals surface area contributed by atoms with Crippen LogP contribution in [0.5, 0.6) is 0 Å². The van der Waals surface area contributed by atoms with Gasteiger partial charge in [-0.15, -0.1) is 21.5 Å². The van der Waals surface area contributed by atoms with Crippen LogP contribution >= 0.6 is 34.9 Å². The highest BCUT2D eigenvalue weighted by molar-refractivity contribution is 8.00.